The van der Waals surface area contributed by atoms with Crippen molar-refractivity contribution in [2.24, 2.45) is 0 Å². The Bertz CT molecular complexity index is 429. The van der Waals surface area contributed by atoms with Gasteiger partial charge in [0.15, 0.2) is 0 Å². The highest BCUT2D eigenvalue weighted by molar-refractivity contribution is 9.10. The van der Waals surface area contributed by atoms with Crippen molar-refractivity contribution in [3.8, 4) is 0 Å². The molecule has 1 amide bonds. The van der Waals surface area contributed by atoms with Gasteiger partial charge in [-0.3, -0.25) is 0 Å². The normalized spacial score (nSPS) is 12.9. The largest absolute Gasteiger partial charge is 0.444 e. The van der Waals surface area contributed by atoms with E-state index in [4.69, 9.17) is 4.74 Å². The van der Waals surface area contributed by atoms with Gasteiger partial charge in [0.05, 0.1) is 6.61 Å². The van der Waals surface area contributed by atoms with Crippen molar-refractivity contribution in [2.45, 2.75) is 32.3 Å². The molecule has 1 aromatic carbocycles. The van der Waals surface area contributed by atoms with Crippen molar-refractivity contribution in [1.29, 1.82) is 0 Å². The van der Waals surface area contributed by atoms with E-state index in [1.807, 2.05) is 45.0 Å². The molecule has 1 rings (SSSR count). The number of nitrogens with one attached hydrogen (secondary N) is 1. The fraction of sp³-hybridized carbons (Fsp3) is 0.500. The van der Waals surface area contributed by atoms with Crippen LogP contribution in [-0.2, 0) is 4.74 Å². The fourth-order valence-electron chi connectivity index (χ4n) is 1.57. The summed E-state index contributed by atoms with van der Waals surface area (Å²) in [6, 6.07) is 7.66. The second-order valence-corrected chi connectivity index (χ2v) is 6.23. The van der Waals surface area contributed by atoms with E-state index in [1.165, 1.54) is 0 Å². The van der Waals surface area contributed by atoms with E-state index in [0.717, 1.165) is 10.0 Å². The van der Waals surface area contributed by atoms with Crippen LogP contribution in [0, 0.1) is 0 Å². The van der Waals surface area contributed by atoms with Gasteiger partial charge in [0, 0.05) is 16.9 Å². The lowest BCUT2D eigenvalue weighted by Crippen LogP contribution is -2.35. The Morgan fingerprint density at radius 3 is 2.68 bits per heavy atom. The molecule has 4 nitrogen and oxygen atoms in total. The number of aliphatic hydroxyl groups excluding tert-OH is 1. The summed E-state index contributed by atoms with van der Waals surface area (Å²) in [5.74, 6) is -0.148. The molecule has 19 heavy (non-hydrogen) atoms. The van der Waals surface area contributed by atoms with Crippen molar-refractivity contribution in [3.05, 3.63) is 34.3 Å². The average molecular weight is 330 g/mol. The van der Waals surface area contributed by atoms with Crippen LogP contribution in [0.3, 0.4) is 0 Å². The molecule has 0 spiro atoms. The van der Waals surface area contributed by atoms with E-state index in [-0.39, 0.29) is 12.5 Å². The maximum atomic E-state index is 11.6. The average Bonchev–Trinajstić information content (AvgIpc) is 2.27. The zero-order valence-corrected chi connectivity index (χ0v) is 13.0. The topological polar surface area (TPSA) is 58.6 Å². The molecule has 0 saturated heterocycles. The molecule has 0 heterocycles. The van der Waals surface area contributed by atoms with Gasteiger partial charge in [0.2, 0.25) is 0 Å². The first kappa shape index (κ1) is 16.0. The van der Waals surface area contributed by atoms with Gasteiger partial charge in [-0.2, -0.15) is 0 Å². The molecule has 5 heteroatoms. The summed E-state index contributed by atoms with van der Waals surface area (Å²) in [6.07, 6.45) is -0.471. The number of carbonyl (C=O) groups excluding carboxylic acids is 1. The Morgan fingerprint density at radius 1 is 1.47 bits per heavy atom. The molecule has 0 saturated carbocycles. The first-order valence-electron chi connectivity index (χ1n) is 6.15. The van der Waals surface area contributed by atoms with Gasteiger partial charge >= 0.3 is 6.09 Å². The number of halogens is 1. The van der Waals surface area contributed by atoms with E-state index < -0.39 is 11.7 Å². The molecule has 0 radical (unpaired) electrons. The Balaban J connectivity index is 2.56. The minimum Gasteiger partial charge on any atom is -0.444 e. The van der Waals surface area contributed by atoms with Crippen molar-refractivity contribution < 1.29 is 14.6 Å². The Morgan fingerprint density at radius 2 is 2.16 bits per heavy atom. The van der Waals surface area contributed by atoms with E-state index in [0.29, 0.717) is 6.54 Å². The first-order valence-corrected chi connectivity index (χ1v) is 6.94. The zero-order chi connectivity index (χ0) is 14.5. The van der Waals surface area contributed by atoms with Crippen LogP contribution in [0.4, 0.5) is 4.79 Å². The lowest BCUT2D eigenvalue weighted by Gasteiger charge is -2.21. The highest BCUT2D eigenvalue weighted by Crippen LogP contribution is 2.19. The molecule has 1 aromatic rings. The summed E-state index contributed by atoms with van der Waals surface area (Å²) in [6.45, 7) is 5.73. The molecular formula is C14H20BrNO3. The standard InChI is InChI=1S/C14H20BrNO3/c1-14(2,3)19-13(18)16-8-11(9-17)10-5-4-6-12(15)7-10/h4-7,11,17H,8-9H2,1-3H3,(H,16,18). The lowest BCUT2D eigenvalue weighted by molar-refractivity contribution is 0.0521. The summed E-state index contributed by atoms with van der Waals surface area (Å²) in [4.78, 5) is 11.6. The summed E-state index contributed by atoms with van der Waals surface area (Å²) >= 11 is 3.39. The van der Waals surface area contributed by atoms with Crippen LogP contribution >= 0.6 is 15.9 Å². The molecular weight excluding hydrogens is 310 g/mol. The number of hydrogen-bond donors (Lipinski definition) is 2. The van der Waals surface area contributed by atoms with Crippen LogP contribution < -0.4 is 5.32 Å². The van der Waals surface area contributed by atoms with Gasteiger partial charge in [-0.15, -0.1) is 0 Å². The van der Waals surface area contributed by atoms with Crippen molar-refractivity contribution in [3.63, 3.8) is 0 Å². The van der Waals surface area contributed by atoms with E-state index in [9.17, 15) is 9.90 Å². The molecule has 0 fully saturated rings. The van der Waals surface area contributed by atoms with Crippen LogP contribution in [0.25, 0.3) is 0 Å². The Kier molecular flexibility index (Phi) is 5.82. The van der Waals surface area contributed by atoms with Gasteiger partial charge in [0.25, 0.3) is 0 Å². The zero-order valence-electron chi connectivity index (χ0n) is 11.4. The van der Waals surface area contributed by atoms with Gasteiger partial charge < -0.3 is 15.2 Å². The number of hydrogen-bond acceptors (Lipinski definition) is 3. The summed E-state index contributed by atoms with van der Waals surface area (Å²) in [5.41, 5.74) is 0.446. The van der Waals surface area contributed by atoms with Crippen molar-refractivity contribution >= 4 is 22.0 Å². The third kappa shape index (κ3) is 6.07. The minimum absolute atomic E-state index is 0.0355. The smallest absolute Gasteiger partial charge is 0.407 e. The predicted molar refractivity (Wildman–Crippen MR) is 78.2 cm³/mol. The van der Waals surface area contributed by atoms with Crippen LogP contribution in [0.1, 0.15) is 32.3 Å². The maximum Gasteiger partial charge on any atom is 0.407 e. The lowest BCUT2D eigenvalue weighted by atomic mass is 10.0. The van der Waals surface area contributed by atoms with E-state index in [1.54, 1.807) is 0 Å². The molecule has 106 valence electrons. The highest BCUT2D eigenvalue weighted by Gasteiger charge is 2.18. The van der Waals surface area contributed by atoms with Crippen molar-refractivity contribution in [2.75, 3.05) is 13.2 Å². The number of rotatable bonds is 4. The minimum atomic E-state index is -0.519. The molecule has 1 atom stereocenters. The van der Waals surface area contributed by atoms with Gasteiger partial charge in [0.1, 0.15) is 5.60 Å². The van der Waals surface area contributed by atoms with Gasteiger partial charge in [-0.05, 0) is 38.5 Å². The highest BCUT2D eigenvalue weighted by atomic mass is 79.9. The van der Waals surface area contributed by atoms with E-state index >= 15 is 0 Å². The molecule has 0 aliphatic carbocycles. The van der Waals surface area contributed by atoms with Crippen LogP contribution in [0.2, 0.25) is 0 Å². The SMILES string of the molecule is CC(C)(C)OC(=O)NCC(CO)c1cccc(Br)c1. The van der Waals surface area contributed by atoms with E-state index in [2.05, 4.69) is 21.2 Å². The Labute approximate surface area is 122 Å². The summed E-state index contributed by atoms with van der Waals surface area (Å²) in [5, 5.41) is 12.1. The number of benzene rings is 1. The van der Waals surface area contributed by atoms with Crippen molar-refractivity contribution in [1.82, 2.24) is 5.32 Å². The van der Waals surface area contributed by atoms with Gasteiger partial charge in [-0.1, -0.05) is 28.1 Å². The molecule has 2 N–H and O–H groups in total. The van der Waals surface area contributed by atoms with Crippen LogP contribution in [-0.4, -0.2) is 30.0 Å². The number of ether oxygens (including phenoxy) is 1. The number of amides is 1. The maximum absolute atomic E-state index is 11.6. The monoisotopic (exact) mass is 329 g/mol. The molecule has 1 unspecified atom stereocenters. The summed E-state index contributed by atoms with van der Waals surface area (Å²) in [7, 11) is 0. The molecule has 0 aliphatic heterocycles. The molecule has 0 aromatic heterocycles. The van der Waals surface area contributed by atoms with Crippen LogP contribution in [0.5, 0.6) is 0 Å². The first-order chi connectivity index (χ1) is 8.81. The second-order valence-electron chi connectivity index (χ2n) is 5.32. The van der Waals surface area contributed by atoms with Gasteiger partial charge in [-0.25, -0.2) is 4.79 Å². The van der Waals surface area contributed by atoms with Crippen LogP contribution in [0.15, 0.2) is 28.7 Å². The summed E-state index contributed by atoms with van der Waals surface area (Å²) < 4.78 is 6.10. The predicted octanol–water partition coefficient (Wildman–Crippen LogP) is 3.05. The number of aliphatic hydroxyl groups is 1. The quantitative estimate of drug-likeness (QED) is 0.892. The number of carbonyl (C=O) groups is 1. The molecule has 0 bridgehead atoms. The Hall–Kier alpha value is -1.07. The number of alkyl carbamates (subject to hydrolysis) is 1. The fourth-order valence-corrected chi connectivity index (χ4v) is 1.99. The third-order valence-electron chi connectivity index (χ3n) is 2.43. The molecule has 0 aliphatic rings. The third-order valence-corrected chi connectivity index (χ3v) is 2.93. The second kappa shape index (κ2) is 6.91.